The SMILES string of the molecule is CC(c1cc(F)cc(F)c1)N1CCCC(C2CCCN2)C1. The highest BCUT2D eigenvalue weighted by atomic mass is 19.1. The van der Waals surface area contributed by atoms with Crippen molar-refractivity contribution >= 4 is 0 Å². The Morgan fingerprint density at radius 2 is 1.90 bits per heavy atom. The predicted molar refractivity (Wildman–Crippen MR) is 80.1 cm³/mol. The number of hydrogen-bond acceptors (Lipinski definition) is 2. The molecule has 0 aromatic heterocycles. The topological polar surface area (TPSA) is 15.3 Å². The van der Waals surface area contributed by atoms with Gasteiger partial charge < -0.3 is 5.32 Å². The van der Waals surface area contributed by atoms with Gasteiger partial charge in [0, 0.05) is 24.7 Å². The molecular formula is C17H24F2N2. The molecule has 2 fully saturated rings. The van der Waals surface area contributed by atoms with E-state index in [0.717, 1.165) is 31.3 Å². The van der Waals surface area contributed by atoms with E-state index in [2.05, 4.69) is 17.1 Å². The molecule has 1 N–H and O–H groups in total. The summed E-state index contributed by atoms with van der Waals surface area (Å²) in [6, 6.07) is 4.57. The number of nitrogens with one attached hydrogen (secondary N) is 1. The Labute approximate surface area is 125 Å². The van der Waals surface area contributed by atoms with E-state index in [0.29, 0.717) is 12.0 Å². The fraction of sp³-hybridized carbons (Fsp3) is 0.647. The number of nitrogens with zero attached hydrogens (tertiary/aromatic N) is 1. The van der Waals surface area contributed by atoms with E-state index in [1.54, 1.807) is 0 Å². The number of rotatable bonds is 3. The Hall–Kier alpha value is -1.00. The molecule has 3 unspecified atom stereocenters. The van der Waals surface area contributed by atoms with Crippen LogP contribution in [0, 0.1) is 17.6 Å². The van der Waals surface area contributed by atoms with Gasteiger partial charge in [-0.3, -0.25) is 4.90 Å². The normalized spacial score (nSPS) is 28.7. The summed E-state index contributed by atoms with van der Waals surface area (Å²) in [5.74, 6) is -0.298. The van der Waals surface area contributed by atoms with E-state index in [1.165, 1.54) is 37.8 Å². The lowest BCUT2D eigenvalue weighted by molar-refractivity contribution is 0.114. The summed E-state index contributed by atoms with van der Waals surface area (Å²) >= 11 is 0. The largest absolute Gasteiger partial charge is 0.314 e. The van der Waals surface area contributed by atoms with Crippen LogP contribution in [0.25, 0.3) is 0 Å². The van der Waals surface area contributed by atoms with E-state index < -0.39 is 11.6 Å². The van der Waals surface area contributed by atoms with E-state index >= 15 is 0 Å². The summed E-state index contributed by atoms with van der Waals surface area (Å²) in [6.07, 6.45) is 4.97. The highest BCUT2D eigenvalue weighted by Gasteiger charge is 2.31. The van der Waals surface area contributed by atoms with Crippen LogP contribution in [0.4, 0.5) is 8.78 Å². The van der Waals surface area contributed by atoms with Crippen molar-refractivity contribution in [2.45, 2.75) is 44.7 Å². The maximum atomic E-state index is 13.4. The maximum absolute atomic E-state index is 13.4. The average molecular weight is 294 g/mol. The van der Waals surface area contributed by atoms with Crippen molar-refractivity contribution in [1.82, 2.24) is 10.2 Å². The lowest BCUT2D eigenvalue weighted by atomic mass is 9.88. The van der Waals surface area contributed by atoms with Crippen LogP contribution in [0.3, 0.4) is 0 Å². The van der Waals surface area contributed by atoms with Gasteiger partial charge in [0.1, 0.15) is 11.6 Å². The van der Waals surface area contributed by atoms with Gasteiger partial charge in [-0.15, -0.1) is 0 Å². The molecule has 21 heavy (non-hydrogen) atoms. The van der Waals surface area contributed by atoms with Gasteiger partial charge in [-0.25, -0.2) is 8.78 Å². The van der Waals surface area contributed by atoms with Gasteiger partial charge in [-0.05, 0) is 69.3 Å². The van der Waals surface area contributed by atoms with Crippen LogP contribution in [0.1, 0.15) is 44.2 Å². The third-order valence-electron chi connectivity index (χ3n) is 5.07. The van der Waals surface area contributed by atoms with Gasteiger partial charge in [0.2, 0.25) is 0 Å². The van der Waals surface area contributed by atoms with Crippen molar-refractivity contribution in [3.8, 4) is 0 Å². The Morgan fingerprint density at radius 1 is 1.14 bits per heavy atom. The molecule has 1 aromatic carbocycles. The zero-order chi connectivity index (χ0) is 14.8. The first-order valence-corrected chi connectivity index (χ1v) is 8.07. The van der Waals surface area contributed by atoms with Gasteiger partial charge in [0.15, 0.2) is 0 Å². The van der Waals surface area contributed by atoms with Gasteiger partial charge in [-0.2, -0.15) is 0 Å². The Kier molecular flexibility index (Phi) is 4.55. The van der Waals surface area contributed by atoms with Crippen molar-refractivity contribution in [2.75, 3.05) is 19.6 Å². The predicted octanol–water partition coefficient (Wildman–Crippen LogP) is 3.49. The number of piperidine rings is 1. The van der Waals surface area contributed by atoms with Crippen LogP contribution in [0.15, 0.2) is 18.2 Å². The molecule has 2 aliphatic rings. The van der Waals surface area contributed by atoms with Crippen LogP contribution in [-0.4, -0.2) is 30.6 Å². The minimum atomic E-state index is -0.483. The zero-order valence-corrected chi connectivity index (χ0v) is 12.6. The van der Waals surface area contributed by atoms with Crippen molar-refractivity contribution in [3.05, 3.63) is 35.4 Å². The standard InChI is InChI=1S/C17H24F2N2/c1-12(14-8-15(18)10-16(19)9-14)21-7-3-4-13(11-21)17-5-2-6-20-17/h8-10,12-13,17,20H,2-7,11H2,1H3. The molecule has 3 rings (SSSR count). The molecule has 2 saturated heterocycles. The minimum Gasteiger partial charge on any atom is -0.314 e. The molecule has 1 aromatic rings. The van der Waals surface area contributed by atoms with Gasteiger partial charge in [0.05, 0.1) is 0 Å². The monoisotopic (exact) mass is 294 g/mol. The first-order chi connectivity index (χ1) is 10.1. The second-order valence-electron chi connectivity index (χ2n) is 6.48. The summed E-state index contributed by atoms with van der Waals surface area (Å²) in [5, 5.41) is 3.60. The average Bonchev–Trinajstić information content (AvgIpc) is 3.00. The molecule has 4 heteroatoms. The van der Waals surface area contributed by atoms with Crippen LogP contribution in [0.5, 0.6) is 0 Å². The van der Waals surface area contributed by atoms with Gasteiger partial charge >= 0.3 is 0 Å². The number of hydrogen-bond donors (Lipinski definition) is 1. The first-order valence-electron chi connectivity index (χ1n) is 8.07. The molecule has 0 amide bonds. The number of benzene rings is 1. The molecule has 116 valence electrons. The molecule has 0 radical (unpaired) electrons. The van der Waals surface area contributed by atoms with Crippen LogP contribution >= 0.6 is 0 Å². The first kappa shape index (κ1) is 14.9. The second-order valence-corrected chi connectivity index (χ2v) is 6.48. The summed E-state index contributed by atoms with van der Waals surface area (Å²) in [6.45, 7) is 5.23. The molecule has 3 atom stereocenters. The molecule has 2 aliphatic heterocycles. The van der Waals surface area contributed by atoms with E-state index in [1.807, 2.05) is 0 Å². The Bertz CT molecular complexity index is 465. The summed E-state index contributed by atoms with van der Waals surface area (Å²) < 4.78 is 26.8. The van der Waals surface area contributed by atoms with E-state index in [4.69, 9.17) is 0 Å². The van der Waals surface area contributed by atoms with E-state index in [9.17, 15) is 8.78 Å². The third kappa shape index (κ3) is 3.43. The molecular weight excluding hydrogens is 270 g/mol. The highest BCUT2D eigenvalue weighted by Crippen LogP contribution is 2.30. The van der Waals surface area contributed by atoms with Crippen LogP contribution < -0.4 is 5.32 Å². The summed E-state index contributed by atoms with van der Waals surface area (Å²) in [5.41, 5.74) is 0.743. The maximum Gasteiger partial charge on any atom is 0.126 e. The Balaban J connectivity index is 1.69. The van der Waals surface area contributed by atoms with Crippen molar-refractivity contribution in [2.24, 2.45) is 5.92 Å². The van der Waals surface area contributed by atoms with Gasteiger partial charge in [-0.1, -0.05) is 0 Å². The smallest absolute Gasteiger partial charge is 0.126 e. The van der Waals surface area contributed by atoms with Crippen molar-refractivity contribution in [3.63, 3.8) is 0 Å². The second kappa shape index (κ2) is 6.41. The molecule has 2 heterocycles. The highest BCUT2D eigenvalue weighted by molar-refractivity contribution is 5.21. The fourth-order valence-corrected chi connectivity index (χ4v) is 3.86. The lowest BCUT2D eigenvalue weighted by Crippen LogP contribution is -2.44. The quantitative estimate of drug-likeness (QED) is 0.918. The lowest BCUT2D eigenvalue weighted by Gasteiger charge is -2.39. The van der Waals surface area contributed by atoms with Crippen molar-refractivity contribution < 1.29 is 8.78 Å². The Morgan fingerprint density at radius 3 is 2.57 bits per heavy atom. The molecule has 0 aliphatic carbocycles. The van der Waals surface area contributed by atoms with Crippen molar-refractivity contribution in [1.29, 1.82) is 0 Å². The van der Waals surface area contributed by atoms with Gasteiger partial charge in [0.25, 0.3) is 0 Å². The molecule has 2 nitrogen and oxygen atoms in total. The zero-order valence-electron chi connectivity index (χ0n) is 12.6. The number of likely N-dealkylation sites (tertiary alicyclic amines) is 1. The molecule has 0 saturated carbocycles. The van der Waals surface area contributed by atoms with Crippen LogP contribution in [-0.2, 0) is 0 Å². The van der Waals surface area contributed by atoms with E-state index in [-0.39, 0.29) is 6.04 Å². The minimum absolute atomic E-state index is 0.0689. The molecule has 0 spiro atoms. The molecule has 0 bridgehead atoms. The third-order valence-corrected chi connectivity index (χ3v) is 5.07. The summed E-state index contributed by atoms with van der Waals surface area (Å²) in [4.78, 5) is 2.38. The number of halogens is 2. The summed E-state index contributed by atoms with van der Waals surface area (Å²) in [7, 11) is 0. The van der Waals surface area contributed by atoms with Crippen LogP contribution in [0.2, 0.25) is 0 Å². The fourth-order valence-electron chi connectivity index (χ4n) is 3.86.